The van der Waals surface area contributed by atoms with E-state index in [2.05, 4.69) is 0 Å². The van der Waals surface area contributed by atoms with E-state index in [4.69, 9.17) is 9.47 Å². The number of rotatable bonds is 4. The minimum Gasteiger partial charge on any atom is -0.504 e. The van der Waals surface area contributed by atoms with Crippen molar-refractivity contribution in [2.24, 2.45) is 0 Å². The van der Waals surface area contributed by atoms with E-state index in [1.807, 2.05) is 5.32 Å². The molecule has 1 aliphatic heterocycles. The fourth-order valence-electron chi connectivity index (χ4n) is 2.65. The highest BCUT2D eigenvalue weighted by molar-refractivity contribution is 5.42. The molecule has 2 aromatic rings. The zero-order valence-corrected chi connectivity index (χ0v) is 12.5. The number of non-ortho nitro benzene ring substituents is 1. The van der Waals surface area contributed by atoms with Crippen molar-refractivity contribution in [1.82, 2.24) is 0 Å². The minimum atomic E-state index is -0.420. The van der Waals surface area contributed by atoms with Crippen molar-refractivity contribution in [3.05, 3.63) is 63.7 Å². The van der Waals surface area contributed by atoms with E-state index in [1.165, 1.54) is 19.2 Å². The smallest absolute Gasteiger partial charge is 0.269 e. The maximum atomic E-state index is 10.7. The van der Waals surface area contributed by atoms with Crippen LogP contribution in [-0.4, -0.2) is 23.7 Å². The molecule has 0 radical (unpaired) electrons. The standard InChI is InChI=1S/C16H16N2O5/c1-22-14-8-11(4-7-13(14)19)16-17-9-15(23-16)10-2-5-12(6-3-10)18(20)21/h2-8,15-17,19H,9H2,1H3/p+1/t15-,16+/m1/s1. The van der Waals surface area contributed by atoms with Gasteiger partial charge in [0.1, 0.15) is 12.6 Å². The van der Waals surface area contributed by atoms with Crippen LogP contribution in [0.1, 0.15) is 23.5 Å². The third-order valence-electron chi connectivity index (χ3n) is 3.88. The lowest BCUT2D eigenvalue weighted by Crippen LogP contribution is -2.82. The largest absolute Gasteiger partial charge is 0.504 e. The first kappa shape index (κ1) is 15.3. The molecule has 0 aromatic heterocycles. The Kier molecular flexibility index (Phi) is 4.14. The summed E-state index contributed by atoms with van der Waals surface area (Å²) in [6.07, 6.45) is -0.342. The maximum Gasteiger partial charge on any atom is 0.269 e. The lowest BCUT2D eigenvalue weighted by molar-refractivity contribution is -0.698. The molecule has 0 saturated carbocycles. The molecule has 120 valence electrons. The van der Waals surface area contributed by atoms with Gasteiger partial charge in [-0.05, 0) is 35.9 Å². The SMILES string of the molecule is COc1cc([C@H]2[NH2+]C[C@H](c3ccc([N+](=O)[O-])cc3)O2)ccc1O. The van der Waals surface area contributed by atoms with Gasteiger partial charge in [-0.1, -0.05) is 0 Å². The third-order valence-corrected chi connectivity index (χ3v) is 3.88. The average molecular weight is 317 g/mol. The van der Waals surface area contributed by atoms with Gasteiger partial charge in [-0.15, -0.1) is 0 Å². The normalized spacial score (nSPS) is 20.4. The quantitative estimate of drug-likeness (QED) is 0.660. The van der Waals surface area contributed by atoms with E-state index < -0.39 is 4.92 Å². The highest BCUT2D eigenvalue weighted by Crippen LogP contribution is 2.32. The number of aromatic hydroxyl groups is 1. The molecule has 3 rings (SSSR count). The lowest BCUT2D eigenvalue weighted by atomic mass is 10.1. The molecule has 0 spiro atoms. The van der Waals surface area contributed by atoms with Crippen molar-refractivity contribution in [2.45, 2.75) is 12.3 Å². The number of benzene rings is 2. The number of nitro benzene ring substituents is 1. The molecule has 2 aromatic carbocycles. The van der Waals surface area contributed by atoms with Gasteiger partial charge in [0, 0.05) is 17.7 Å². The summed E-state index contributed by atoms with van der Waals surface area (Å²) in [5.41, 5.74) is 1.86. The summed E-state index contributed by atoms with van der Waals surface area (Å²) in [5.74, 6) is 0.486. The lowest BCUT2D eigenvalue weighted by Gasteiger charge is -2.11. The Bertz CT molecular complexity index is 717. The summed E-state index contributed by atoms with van der Waals surface area (Å²) < 4.78 is 11.1. The van der Waals surface area contributed by atoms with E-state index in [1.54, 1.807) is 30.3 Å². The second kappa shape index (κ2) is 6.23. The Morgan fingerprint density at radius 3 is 2.61 bits per heavy atom. The van der Waals surface area contributed by atoms with Crippen LogP contribution in [-0.2, 0) is 4.74 Å². The van der Waals surface area contributed by atoms with Crippen molar-refractivity contribution in [3.8, 4) is 11.5 Å². The number of ether oxygens (including phenoxy) is 2. The van der Waals surface area contributed by atoms with Crippen molar-refractivity contribution in [2.75, 3.05) is 13.7 Å². The Morgan fingerprint density at radius 1 is 1.26 bits per heavy atom. The molecule has 2 atom stereocenters. The topological polar surface area (TPSA) is 98.4 Å². The van der Waals surface area contributed by atoms with Gasteiger partial charge in [0.05, 0.1) is 12.0 Å². The number of hydrogen-bond acceptors (Lipinski definition) is 5. The van der Waals surface area contributed by atoms with Gasteiger partial charge in [0.25, 0.3) is 5.69 Å². The molecule has 0 unspecified atom stereocenters. The van der Waals surface area contributed by atoms with E-state index >= 15 is 0 Å². The number of nitrogens with zero attached hydrogens (tertiary/aromatic N) is 1. The van der Waals surface area contributed by atoms with Crippen LogP contribution in [0, 0.1) is 10.1 Å². The molecule has 7 nitrogen and oxygen atoms in total. The van der Waals surface area contributed by atoms with Crippen LogP contribution in [0.25, 0.3) is 0 Å². The maximum absolute atomic E-state index is 10.7. The highest BCUT2D eigenvalue weighted by atomic mass is 16.6. The monoisotopic (exact) mass is 317 g/mol. The molecule has 1 fully saturated rings. The summed E-state index contributed by atoms with van der Waals surface area (Å²) in [6.45, 7) is 0.714. The molecule has 23 heavy (non-hydrogen) atoms. The highest BCUT2D eigenvalue weighted by Gasteiger charge is 2.31. The van der Waals surface area contributed by atoms with Crippen LogP contribution in [0.3, 0.4) is 0 Å². The van der Waals surface area contributed by atoms with Gasteiger partial charge in [-0.2, -0.15) is 0 Å². The Balaban J connectivity index is 1.74. The number of phenolic OH excluding ortho intramolecular Hbond substituents is 1. The molecule has 1 aliphatic rings. The van der Waals surface area contributed by atoms with Crippen LogP contribution in [0.2, 0.25) is 0 Å². The molecular weight excluding hydrogens is 300 g/mol. The van der Waals surface area contributed by atoms with Crippen LogP contribution in [0.4, 0.5) is 5.69 Å². The van der Waals surface area contributed by atoms with Gasteiger partial charge >= 0.3 is 0 Å². The summed E-state index contributed by atoms with van der Waals surface area (Å²) >= 11 is 0. The van der Waals surface area contributed by atoms with Crippen LogP contribution in [0.5, 0.6) is 11.5 Å². The van der Waals surface area contributed by atoms with Gasteiger partial charge < -0.3 is 19.9 Å². The Morgan fingerprint density at radius 2 is 1.96 bits per heavy atom. The van der Waals surface area contributed by atoms with E-state index in [0.717, 1.165) is 11.1 Å². The Hall–Kier alpha value is -2.64. The summed E-state index contributed by atoms with van der Waals surface area (Å²) in [6, 6.07) is 11.5. The minimum absolute atomic E-state index is 0.0653. The molecular formula is C16H17N2O5+. The van der Waals surface area contributed by atoms with Crippen molar-refractivity contribution in [1.29, 1.82) is 0 Å². The van der Waals surface area contributed by atoms with Crippen molar-refractivity contribution < 1.29 is 24.8 Å². The number of methoxy groups -OCH3 is 1. The molecule has 7 heteroatoms. The summed E-state index contributed by atoms with van der Waals surface area (Å²) in [5, 5.41) is 22.4. The molecule has 1 saturated heterocycles. The number of quaternary nitrogens is 1. The molecule has 0 amide bonds. The second-order valence-corrected chi connectivity index (χ2v) is 5.30. The molecule has 1 heterocycles. The average Bonchev–Trinajstić information content (AvgIpc) is 3.05. The number of phenols is 1. The fraction of sp³-hybridized carbons (Fsp3) is 0.250. The molecule has 3 N–H and O–H groups in total. The van der Waals surface area contributed by atoms with E-state index in [0.29, 0.717) is 12.3 Å². The first-order valence-electron chi connectivity index (χ1n) is 7.18. The van der Waals surface area contributed by atoms with Gasteiger partial charge in [-0.25, -0.2) is 0 Å². The van der Waals surface area contributed by atoms with Crippen LogP contribution in [0.15, 0.2) is 42.5 Å². The zero-order chi connectivity index (χ0) is 16.4. The van der Waals surface area contributed by atoms with Gasteiger partial charge in [-0.3, -0.25) is 10.1 Å². The van der Waals surface area contributed by atoms with E-state index in [9.17, 15) is 15.2 Å². The fourth-order valence-corrected chi connectivity index (χ4v) is 2.65. The summed E-state index contributed by atoms with van der Waals surface area (Å²) in [4.78, 5) is 10.3. The zero-order valence-electron chi connectivity index (χ0n) is 12.5. The van der Waals surface area contributed by atoms with Crippen molar-refractivity contribution >= 4 is 5.69 Å². The predicted octanol–water partition coefficient (Wildman–Crippen LogP) is 1.64. The second-order valence-electron chi connectivity index (χ2n) is 5.30. The van der Waals surface area contributed by atoms with Gasteiger partial charge in [0.2, 0.25) is 6.23 Å². The number of nitro groups is 1. The predicted molar refractivity (Wildman–Crippen MR) is 81.1 cm³/mol. The van der Waals surface area contributed by atoms with E-state index in [-0.39, 0.29) is 23.8 Å². The molecule has 0 bridgehead atoms. The van der Waals surface area contributed by atoms with Crippen LogP contribution >= 0.6 is 0 Å². The number of hydrogen-bond donors (Lipinski definition) is 2. The molecule has 0 aliphatic carbocycles. The Labute approximate surface area is 132 Å². The summed E-state index contributed by atoms with van der Waals surface area (Å²) in [7, 11) is 1.50. The van der Waals surface area contributed by atoms with Gasteiger partial charge in [0.15, 0.2) is 11.5 Å². The number of nitrogens with two attached hydrogens (primary N) is 1. The third kappa shape index (κ3) is 3.10. The van der Waals surface area contributed by atoms with Crippen molar-refractivity contribution in [3.63, 3.8) is 0 Å². The first-order valence-corrected chi connectivity index (χ1v) is 7.18. The van der Waals surface area contributed by atoms with Crippen LogP contribution < -0.4 is 10.1 Å². The first-order chi connectivity index (χ1) is 11.1.